The molecule has 0 N–H and O–H groups in total. The first-order valence-corrected chi connectivity index (χ1v) is 13.9. The molecule has 0 bridgehead atoms. The van der Waals surface area contributed by atoms with E-state index in [4.69, 9.17) is 4.74 Å². The summed E-state index contributed by atoms with van der Waals surface area (Å²) >= 11 is 0. The van der Waals surface area contributed by atoms with Gasteiger partial charge in [-0.2, -0.15) is 0 Å². The van der Waals surface area contributed by atoms with Crippen molar-refractivity contribution in [1.82, 2.24) is 4.57 Å². The Labute approximate surface area is 218 Å². The molecular formula is C32H37NO4. The van der Waals surface area contributed by atoms with Gasteiger partial charge in [0.1, 0.15) is 0 Å². The molecule has 0 radical (unpaired) electrons. The highest BCUT2D eigenvalue weighted by molar-refractivity contribution is 5.93. The molecule has 1 aromatic heterocycles. The monoisotopic (exact) mass is 499 g/mol. The Balaban J connectivity index is 1.55. The Morgan fingerprint density at radius 3 is 2.70 bits per heavy atom. The van der Waals surface area contributed by atoms with Crippen LogP contribution in [0.15, 0.2) is 53.3 Å². The molecule has 2 aromatic rings. The van der Waals surface area contributed by atoms with E-state index in [-0.39, 0.29) is 35.8 Å². The molecular weight excluding hydrogens is 462 g/mol. The summed E-state index contributed by atoms with van der Waals surface area (Å²) in [7, 11) is 2.06. The molecule has 1 heterocycles. The van der Waals surface area contributed by atoms with E-state index in [1.165, 1.54) is 33.2 Å². The Kier molecular flexibility index (Phi) is 5.63. The van der Waals surface area contributed by atoms with E-state index >= 15 is 0 Å². The van der Waals surface area contributed by atoms with Crippen LogP contribution < -0.4 is 0 Å². The number of nitrogens with zero attached hydrogens (tertiary/aromatic N) is 1. The minimum absolute atomic E-state index is 0.0210. The van der Waals surface area contributed by atoms with Crippen LogP contribution >= 0.6 is 0 Å². The van der Waals surface area contributed by atoms with Gasteiger partial charge in [-0.15, -0.1) is 0 Å². The molecule has 2 saturated carbocycles. The van der Waals surface area contributed by atoms with E-state index in [2.05, 4.69) is 49.0 Å². The zero-order valence-corrected chi connectivity index (χ0v) is 22.4. The Hall–Kier alpha value is -2.95. The van der Waals surface area contributed by atoms with E-state index < -0.39 is 11.0 Å². The third-order valence-corrected chi connectivity index (χ3v) is 10.3. The molecule has 0 amide bonds. The van der Waals surface area contributed by atoms with Crippen LogP contribution in [0.3, 0.4) is 0 Å². The number of allylic oxidation sites excluding steroid dienone is 4. The number of benzene rings is 1. The molecule has 0 saturated heterocycles. The predicted octanol–water partition coefficient (Wildman–Crippen LogP) is 6.36. The summed E-state index contributed by atoms with van der Waals surface area (Å²) in [5, 5.41) is 1.21. The van der Waals surface area contributed by atoms with Crippen molar-refractivity contribution in [1.29, 1.82) is 0 Å². The second kappa shape index (κ2) is 8.54. The molecule has 37 heavy (non-hydrogen) atoms. The highest BCUT2D eigenvalue weighted by Crippen LogP contribution is 2.67. The Morgan fingerprint density at radius 2 is 1.95 bits per heavy atom. The number of aromatic nitrogens is 1. The van der Waals surface area contributed by atoms with Gasteiger partial charge in [0, 0.05) is 42.9 Å². The topological polar surface area (TPSA) is 65.4 Å². The van der Waals surface area contributed by atoms with Crippen LogP contribution in [0.25, 0.3) is 10.9 Å². The van der Waals surface area contributed by atoms with Crippen LogP contribution in [0, 0.1) is 17.3 Å². The van der Waals surface area contributed by atoms with Crippen molar-refractivity contribution in [3.8, 4) is 0 Å². The van der Waals surface area contributed by atoms with Crippen molar-refractivity contribution in [3.63, 3.8) is 0 Å². The van der Waals surface area contributed by atoms with Crippen molar-refractivity contribution >= 4 is 28.4 Å². The number of fused-ring (bicyclic) bond motifs is 5. The highest BCUT2D eigenvalue weighted by atomic mass is 16.6. The minimum atomic E-state index is -1.07. The number of rotatable bonds is 4. The average molecular weight is 500 g/mol. The fourth-order valence-electron chi connectivity index (χ4n) is 8.55. The van der Waals surface area contributed by atoms with Gasteiger partial charge in [0.05, 0.1) is 0 Å². The molecule has 194 valence electrons. The summed E-state index contributed by atoms with van der Waals surface area (Å²) in [5.74, 6) is 0.663. The summed E-state index contributed by atoms with van der Waals surface area (Å²) in [6.45, 7) is 5.63. The molecule has 5 heteroatoms. The number of hydrogen-bond acceptors (Lipinski definition) is 4. The summed E-state index contributed by atoms with van der Waals surface area (Å²) in [6, 6.07) is 8.91. The number of esters is 1. The lowest BCUT2D eigenvalue weighted by atomic mass is 9.50. The fraction of sp³-hybridized carbons (Fsp3) is 0.531. The van der Waals surface area contributed by atoms with Crippen LogP contribution in [0.5, 0.6) is 0 Å². The number of Topliss-reactive ketones (excluding diaryl/α,β-unsaturated/α-hetero) is 1. The molecule has 5 nitrogen and oxygen atoms in total. The van der Waals surface area contributed by atoms with Crippen molar-refractivity contribution in [3.05, 3.63) is 58.8 Å². The largest absolute Gasteiger partial charge is 0.450 e. The average Bonchev–Trinajstić information content (AvgIpc) is 3.40. The molecule has 0 unspecified atom stereocenters. The molecule has 4 aliphatic rings. The number of ether oxygens (including phenoxy) is 1. The van der Waals surface area contributed by atoms with E-state index in [0.29, 0.717) is 18.8 Å². The second-order valence-corrected chi connectivity index (χ2v) is 12.0. The summed E-state index contributed by atoms with van der Waals surface area (Å²) in [5.41, 5.74) is 5.04. The van der Waals surface area contributed by atoms with Crippen molar-refractivity contribution in [2.24, 2.45) is 24.3 Å². The van der Waals surface area contributed by atoms with Crippen LogP contribution in [0.1, 0.15) is 83.6 Å². The summed E-state index contributed by atoms with van der Waals surface area (Å²) in [6.07, 6.45) is 9.79. The predicted molar refractivity (Wildman–Crippen MR) is 143 cm³/mol. The van der Waals surface area contributed by atoms with Crippen LogP contribution in [-0.2, 0) is 26.2 Å². The van der Waals surface area contributed by atoms with Gasteiger partial charge in [-0.1, -0.05) is 25.5 Å². The number of aryl methyl sites for hydroxylation is 1. The SMILES string of the molecule is CCC(=O)O[C@]1(C(C)=O)CC[C@H]2[C@@H]3CCC4=CC(=O)CCC4=C3[C@@H](c3ccc4c(ccn4C)c3)C[C@@]21C. The smallest absolute Gasteiger partial charge is 0.306 e. The van der Waals surface area contributed by atoms with Gasteiger partial charge in [-0.3, -0.25) is 14.4 Å². The maximum Gasteiger partial charge on any atom is 0.306 e. The van der Waals surface area contributed by atoms with Gasteiger partial charge in [0.15, 0.2) is 17.2 Å². The van der Waals surface area contributed by atoms with E-state index in [1.54, 1.807) is 13.8 Å². The zero-order valence-electron chi connectivity index (χ0n) is 22.4. The summed E-state index contributed by atoms with van der Waals surface area (Å²) < 4.78 is 8.31. The van der Waals surface area contributed by atoms with Crippen molar-refractivity contribution in [2.45, 2.75) is 83.7 Å². The molecule has 4 aliphatic carbocycles. The van der Waals surface area contributed by atoms with Crippen molar-refractivity contribution in [2.75, 3.05) is 0 Å². The maximum absolute atomic E-state index is 13.4. The third-order valence-electron chi connectivity index (χ3n) is 10.3. The van der Waals surface area contributed by atoms with Crippen LogP contribution in [0.2, 0.25) is 0 Å². The van der Waals surface area contributed by atoms with E-state index in [9.17, 15) is 14.4 Å². The normalized spacial score (nSPS) is 33.0. The molecule has 6 rings (SSSR count). The lowest BCUT2D eigenvalue weighted by Gasteiger charge is -2.55. The molecule has 1 aromatic carbocycles. The van der Waals surface area contributed by atoms with Gasteiger partial charge in [0.2, 0.25) is 0 Å². The molecule has 0 spiro atoms. The third kappa shape index (κ3) is 3.45. The maximum atomic E-state index is 13.4. The number of hydrogen-bond donors (Lipinski definition) is 0. The first kappa shape index (κ1) is 24.4. The standard InChI is InChI=1S/C32H37NO4/c1-5-29(36)37-32(19(2)34)14-12-27-25-9-6-21-17-23(35)8-10-24(21)30(25)26(18-31(27,32)3)20-7-11-28-22(16-20)13-15-33(28)4/h7,11,13,15-17,25-27H,5-6,8-10,12,14,18H2,1-4H3/t25-,26+,27-,31-,32-/m0/s1. The van der Waals surface area contributed by atoms with Crippen molar-refractivity contribution < 1.29 is 19.1 Å². The van der Waals surface area contributed by atoms with Crippen LogP contribution in [-0.4, -0.2) is 27.7 Å². The van der Waals surface area contributed by atoms with Gasteiger partial charge in [-0.25, -0.2) is 0 Å². The number of ketones is 2. The number of carbonyl (C=O) groups is 3. The van der Waals surface area contributed by atoms with Gasteiger partial charge in [0.25, 0.3) is 0 Å². The summed E-state index contributed by atoms with van der Waals surface area (Å²) in [4.78, 5) is 38.4. The molecule has 2 fully saturated rings. The number of carbonyl (C=O) groups excluding carboxylic acids is 3. The second-order valence-electron chi connectivity index (χ2n) is 12.0. The zero-order chi connectivity index (χ0) is 26.1. The van der Waals surface area contributed by atoms with E-state index in [0.717, 1.165) is 32.1 Å². The lowest BCUT2D eigenvalue weighted by Crippen LogP contribution is -2.57. The van der Waals surface area contributed by atoms with E-state index in [1.807, 2.05) is 6.08 Å². The lowest BCUT2D eigenvalue weighted by molar-refractivity contribution is -0.184. The van der Waals surface area contributed by atoms with Gasteiger partial charge >= 0.3 is 5.97 Å². The van der Waals surface area contributed by atoms with Crippen LogP contribution in [0.4, 0.5) is 0 Å². The highest BCUT2D eigenvalue weighted by Gasteiger charge is 2.67. The quantitative estimate of drug-likeness (QED) is 0.459. The van der Waals surface area contributed by atoms with Gasteiger partial charge < -0.3 is 9.30 Å². The Bertz CT molecular complexity index is 1390. The van der Waals surface area contributed by atoms with Gasteiger partial charge in [-0.05, 0) is 104 Å². The fourth-order valence-corrected chi connectivity index (χ4v) is 8.55. The first-order valence-electron chi connectivity index (χ1n) is 13.9. The Morgan fingerprint density at radius 1 is 1.14 bits per heavy atom. The molecule has 0 aliphatic heterocycles. The molecule has 5 atom stereocenters. The minimum Gasteiger partial charge on any atom is -0.450 e. The first-order chi connectivity index (χ1) is 17.7.